The van der Waals surface area contributed by atoms with Crippen molar-refractivity contribution in [3.63, 3.8) is 0 Å². The Balaban J connectivity index is 1.80. The number of carbonyl (C=O) groups is 1. The highest BCUT2D eigenvalue weighted by Gasteiger charge is 2.25. The van der Waals surface area contributed by atoms with Gasteiger partial charge in [-0.1, -0.05) is 0 Å². The average Bonchev–Trinajstić information content (AvgIpc) is 2.38. The Hall–Kier alpha value is -1.75. The van der Waals surface area contributed by atoms with Crippen molar-refractivity contribution in [3.8, 4) is 5.75 Å². The molecule has 5 heteroatoms. The van der Waals surface area contributed by atoms with E-state index in [1.54, 1.807) is 12.1 Å². The van der Waals surface area contributed by atoms with Gasteiger partial charge < -0.3 is 19.6 Å². The average molecular weight is 293 g/mol. The molecule has 1 heterocycles. The Morgan fingerprint density at radius 2 is 1.81 bits per heavy atom. The zero-order valence-electron chi connectivity index (χ0n) is 13.1. The van der Waals surface area contributed by atoms with Crippen LogP contribution >= 0.6 is 0 Å². The number of anilines is 1. The fourth-order valence-corrected chi connectivity index (χ4v) is 2.50. The summed E-state index contributed by atoms with van der Waals surface area (Å²) in [5.74, 6) is 0.156. The molecule has 116 valence electrons. The van der Waals surface area contributed by atoms with Crippen molar-refractivity contribution in [2.75, 3.05) is 37.6 Å². The predicted molar refractivity (Wildman–Crippen MR) is 81.7 cm³/mol. The summed E-state index contributed by atoms with van der Waals surface area (Å²) >= 11 is 0. The van der Waals surface area contributed by atoms with Gasteiger partial charge in [-0.3, -0.25) is 0 Å². The summed E-state index contributed by atoms with van der Waals surface area (Å²) in [6.07, 6.45) is 0. The molecule has 1 saturated heterocycles. The zero-order valence-corrected chi connectivity index (χ0v) is 13.1. The number of hydrogen-bond donors (Lipinski definition) is 2. The Morgan fingerprint density at radius 1 is 1.24 bits per heavy atom. The minimum Gasteiger partial charge on any atom is -0.508 e. The quantitative estimate of drug-likeness (QED) is 0.794. The molecule has 21 heavy (non-hydrogen) atoms. The molecule has 2 rings (SSSR count). The van der Waals surface area contributed by atoms with E-state index in [2.05, 4.69) is 4.90 Å². The monoisotopic (exact) mass is 293 g/mol. The summed E-state index contributed by atoms with van der Waals surface area (Å²) in [6.45, 7) is 9.75. The van der Waals surface area contributed by atoms with Gasteiger partial charge in [-0.05, 0) is 45.0 Å². The van der Waals surface area contributed by atoms with Crippen LogP contribution in [0, 0.1) is 0 Å². The molecular formula is C16H25N2O3+. The predicted octanol–water partition coefficient (Wildman–Crippen LogP) is 0.439. The van der Waals surface area contributed by atoms with Crippen LogP contribution in [0.1, 0.15) is 20.8 Å². The first-order valence-electron chi connectivity index (χ1n) is 7.43. The highest BCUT2D eigenvalue weighted by Crippen LogP contribution is 2.18. The number of piperazine rings is 1. The van der Waals surface area contributed by atoms with Crippen LogP contribution < -0.4 is 9.80 Å². The summed E-state index contributed by atoms with van der Waals surface area (Å²) in [6, 6.07) is 7.26. The van der Waals surface area contributed by atoms with Crippen molar-refractivity contribution in [3.05, 3.63) is 24.3 Å². The standard InChI is InChI=1S/C16H24N2O3/c1-16(2,3)21-15(20)12-17-8-10-18(11-9-17)13-4-6-14(19)7-5-13/h4-7,19H,8-12H2,1-3H3/p+1. The molecule has 0 aliphatic carbocycles. The van der Waals surface area contributed by atoms with Crippen molar-refractivity contribution >= 4 is 11.7 Å². The second kappa shape index (κ2) is 6.35. The molecule has 0 spiro atoms. The van der Waals surface area contributed by atoms with E-state index in [0.717, 1.165) is 31.9 Å². The second-order valence-corrected chi connectivity index (χ2v) is 6.52. The van der Waals surface area contributed by atoms with E-state index in [4.69, 9.17) is 4.74 Å². The minimum atomic E-state index is -0.412. The topological polar surface area (TPSA) is 54.2 Å². The van der Waals surface area contributed by atoms with Gasteiger partial charge in [-0.2, -0.15) is 0 Å². The van der Waals surface area contributed by atoms with Gasteiger partial charge in [-0.15, -0.1) is 0 Å². The summed E-state index contributed by atoms with van der Waals surface area (Å²) < 4.78 is 5.36. The van der Waals surface area contributed by atoms with Crippen molar-refractivity contribution in [2.45, 2.75) is 26.4 Å². The molecule has 5 nitrogen and oxygen atoms in total. The van der Waals surface area contributed by atoms with E-state index in [-0.39, 0.29) is 11.7 Å². The number of phenols is 1. The van der Waals surface area contributed by atoms with Gasteiger partial charge in [0.2, 0.25) is 0 Å². The number of nitrogens with zero attached hydrogens (tertiary/aromatic N) is 1. The minimum absolute atomic E-state index is 0.129. The molecule has 0 atom stereocenters. The molecule has 1 aromatic rings. The van der Waals surface area contributed by atoms with Crippen LogP contribution in [-0.2, 0) is 9.53 Å². The number of hydrogen-bond acceptors (Lipinski definition) is 4. The highest BCUT2D eigenvalue weighted by molar-refractivity contribution is 5.70. The van der Waals surface area contributed by atoms with Crippen LogP contribution in [0.4, 0.5) is 5.69 Å². The lowest BCUT2D eigenvalue weighted by Gasteiger charge is -2.33. The van der Waals surface area contributed by atoms with Crippen LogP contribution in [0.25, 0.3) is 0 Å². The number of phenolic OH excluding ortho intramolecular Hbond substituents is 1. The summed E-state index contributed by atoms with van der Waals surface area (Å²) in [4.78, 5) is 15.4. The normalized spacial score (nSPS) is 16.8. The van der Waals surface area contributed by atoms with E-state index in [9.17, 15) is 9.90 Å². The lowest BCUT2D eigenvalue weighted by Crippen LogP contribution is -3.15. The molecular weight excluding hydrogens is 268 g/mol. The smallest absolute Gasteiger partial charge is 0.362 e. The Morgan fingerprint density at radius 3 is 2.33 bits per heavy atom. The third kappa shape index (κ3) is 4.93. The SMILES string of the molecule is CC(C)(C)OC(=O)C[NH+]1CCN(c2ccc(O)cc2)CC1. The molecule has 1 aliphatic heterocycles. The maximum absolute atomic E-state index is 11.8. The number of aromatic hydroxyl groups is 1. The molecule has 0 amide bonds. The Labute approximate surface area is 126 Å². The largest absolute Gasteiger partial charge is 0.508 e. The second-order valence-electron chi connectivity index (χ2n) is 6.52. The lowest BCUT2D eigenvalue weighted by atomic mass is 10.2. The maximum Gasteiger partial charge on any atom is 0.362 e. The first-order valence-corrected chi connectivity index (χ1v) is 7.43. The van der Waals surface area contributed by atoms with Crippen LogP contribution in [0.5, 0.6) is 5.75 Å². The number of rotatable bonds is 3. The van der Waals surface area contributed by atoms with Crippen molar-refractivity contribution in [1.29, 1.82) is 0 Å². The fourth-order valence-electron chi connectivity index (χ4n) is 2.50. The molecule has 1 fully saturated rings. The number of quaternary nitrogens is 1. The molecule has 1 aliphatic rings. The van der Waals surface area contributed by atoms with E-state index in [1.165, 1.54) is 4.90 Å². The van der Waals surface area contributed by atoms with E-state index < -0.39 is 5.60 Å². The van der Waals surface area contributed by atoms with Crippen LogP contribution in [-0.4, -0.2) is 49.4 Å². The lowest BCUT2D eigenvalue weighted by molar-refractivity contribution is -0.893. The third-order valence-electron chi connectivity index (χ3n) is 3.50. The van der Waals surface area contributed by atoms with E-state index in [1.807, 2.05) is 32.9 Å². The summed E-state index contributed by atoms with van der Waals surface area (Å²) in [5.41, 5.74) is 0.703. The molecule has 0 saturated carbocycles. The van der Waals surface area contributed by atoms with E-state index >= 15 is 0 Å². The number of ether oxygens (including phenoxy) is 1. The van der Waals surface area contributed by atoms with Crippen LogP contribution in [0.15, 0.2) is 24.3 Å². The molecule has 0 unspecified atom stereocenters. The maximum atomic E-state index is 11.8. The number of esters is 1. The third-order valence-corrected chi connectivity index (χ3v) is 3.50. The van der Waals surface area contributed by atoms with Gasteiger partial charge in [0.15, 0.2) is 6.54 Å². The zero-order chi connectivity index (χ0) is 15.5. The highest BCUT2D eigenvalue weighted by atomic mass is 16.6. The van der Waals surface area contributed by atoms with Gasteiger partial charge in [0.25, 0.3) is 0 Å². The van der Waals surface area contributed by atoms with E-state index in [0.29, 0.717) is 6.54 Å². The molecule has 2 N–H and O–H groups in total. The van der Waals surface area contributed by atoms with Gasteiger partial charge in [-0.25, -0.2) is 4.79 Å². The summed E-state index contributed by atoms with van der Waals surface area (Å²) in [5, 5.41) is 9.32. The number of nitrogens with one attached hydrogen (secondary N) is 1. The van der Waals surface area contributed by atoms with Crippen LogP contribution in [0.2, 0.25) is 0 Å². The molecule has 1 aromatic carbocycles. The van der Waals surface area contributed by atoms with Gasteiger partial charge >= 0.3 is 5.97 Å². The van der Waals surface area contributed by atoms with Crippen molar-refractivity contribution in [1.82, 2.24) is 0 Å². The summed E-state index contributed by atoms with van der Waals surface area (Å²) in [7, 11) is 0. The number of carbonyl (C=O) groups excluding carboxylic acids is 1. The van der Waals surface area contributed by atoms with Gasteiger partial charge in [0.05, 0.1) is 26.2 Å². The molecule has 0 bridgehead atoms. The molecule has 0 radical (unpaired) electrons. The Bertz CT molecular complexity index is 471. The van der Waals surface area contributed by atoms with Crippen molar-refractivity contribution < 1.29 is 19.5 Å². The Kier molecular flexibility index (Phi) is 4.73. The molecule has 0 aromatic heterocycles. The number of benzene rings is 1. The first kappa shape index (κ1) is 15.6. The van der Waals surface area contributed by atoms with Gasteiger partial charge in [0, 0.05) is 5.69 Å². The van der Waals surface area contributed by atoms with Crippen LogP contribution in [0.3, 0.4) is 0 Å². The fraction of sp³-hybridized carbons (Fsp3) is 0.562. The van der Waals surface area contributed by atoms with Crippen molar-refractivity contribution in [2.24, 2.45) is 0 Å². The first-order chi connectivity index (χ1) is 9.83. The van der Waals surface area contributed by atoms with Gasteiger partial charge in [0.1, 0.15) is 11.4 Å².